The molecule has 0 radical (unpaired) electrons. The monoisotopic (exact) mass is 451 g/mol. The number of hydrogen-bond acceptors (Lipinski definition) is 6. The average molecular weight is 452 g/mol. The zero-order valence-corrected chi connectivity index (χ0v) is 19.4. The second kappa shape index (κ2) is 9.27. The number of rotatable bonds is 5. The second-order valence-electron chi connectivity index (χ2n) is 8.94. The number of ether oxygens (including phenoxy) is 4. The van der Waals surface area contributed by atoms with E-state index in [0.717, 1.165) is 10.9 Å². The van der Waals surface area contributed by atoms with Gasteiger partial charge in [-0.15, -0.1) is 0 Å². The molecule has 2 heterocycles. The third-order valence-corrected chi connectivity index (χ3v) is 5.33. The first kappa shape index (κ1) is 22.9. The van der Waals surface area contributed by atoms with Gasteiger partial charge in [0, 0.05) is 24.0 Å². The summed E-state index contributed by atoms with van der Waals surface area (Å²) in [6, 6.07) is 16.9. The van der Waals surface area contributed by atoms with Crippen molar-refractivity contribution in [3.63, 3.8) is 0 Å². The Balaban J connectivity index is 1.76. The lowest BCUT2D eigenvalue weighted by molar-refractivity contribution is -0.153. The Hall–Kier alpha value is -3.32. The number of benzene rings is 2. The fourth-order valence-corrected chi connectivity index (χ4v) is 4.00. The Labute approximate surface area is 193 Å². The maximum absolute atomic E-state index is 13.3. The number of para-hydroxylation sites is 1. The molecule has 0 aliphatic carbocycles. The average Bonchev–Trinajstić information content (AvgIpc) is 3.11. The highest BCUT2D eigenvalue weighted by Gasteiger charge is 2.41. The molecule has 3 aromatic rings. The number of fused-ring (bicyclic) bond motifs is 3. The van der Waals surface area contributed by atoms with Crippen molar-refractivity contribution in [1.29, 1.82) is 0 Å². The van der Waals surface area contributed by atoms with Gasteiger partial charge in [-0.05, 0) is 39.3 Å². The van der Waals surface area contributed by atoms with Gasteiger partial charge >= 0.3 is 12.1 Å². The summed E-state index contributed by atoms with van der Waals surface area (Å²) >= 11 is 0. The van der Waals surface area contributed by atoms with Crippen molar-refractivity contribution in [2.45, 2.75) is 58.5 Å². The summed E-state index contributed by atoms with van der Waals surface area (Å²) in [6.45, 7) is 7.82. The molecule has 2 aromatic carbocycles. The van der Waals surface area contributed by atoms with Crippen molar-refractivity contribution in [3.8, 4) is 5.88 Å². The molecule has 1 aliphatic heterocycles. The van der Waals surface area contributed by atoms with Gasteiger partial charge < -0.3 is 18.9 Å². The molecule has 0 saturated heterocycles. The number of hydrogen-bond donors (Lipinski definition) is 0. The van der Waals surface area contributed by atoms with Gasteiger partial charge in [0.1, 0.15) is 12.2 Å². The molecular formula is C26H29NO6. The standard InChI is InChI=1S/C26H29NO6/c1-5-30-21-15-19(24(28)31-16-17-11-7-6-8-12-17)22-18-13-9-10-14-20(18)27(23(22)32-21)25(29)33-26(2,3)4/h6-14,19,21H,5,15-16H2,1-4H3/t19-,21-/m0/s1. The van der Waals surface area contributed by atoms with Crippen LogP contribution in [-0.4, -0.2) is 35.1 Å². The van der Waals surface area contributed by atoms with Crippen LogP contribution >= 0.6 is 0 Å². The third kappa shape index (κ3) is 4.88. The molecule has 0 amide bonds. The van der Waals surface area contributed by atoms with Gasteiger partial charge in [-0.3, -0.25) is 4.79 Å². The first-order valence-electron chi connectivity index (χ1n) is 11.1. The van der Waals surface area contributed by atoms with E-state index >= 15 is 0 Å². The van der Waals surface area contributed by atoms with Crippen molar-refractivity contribution < 1.29 is 28.5 Å². The largest absolute Gasteiger partial charge is 0.460 e. The summed E-state index contributed by atoms with van der Waals surface area (Å²) in [6.07, 6.45) is -0.979. The van der Waals surface area contributed by atoms with Gasteiger partial charge in [0.2, 0.25) is 12.2 Å². The van der Waals surface area contributed by atoms with Crippen molar-refractivity contribution in [2.75, 3.05) is 6.61 Å². The van der Waals surface area contributed by atoms with E-state index in [1.54, 1.807) is 20.8 Å². The van der Waals surface area contributed by atoms with Crippen LogP contribution in [0.4, 0.5) is 4.79 Å². The molecule has 7 heteroatoms. The minimum atomic E-state index is -0.697. The van der Waals surface area contributed by atoms with Crippen LogP contribution in [-0.2, 0) is 25.6 Å². The summed E-state index contributed by atoms with van der Waals surface area (Å²) in [5.74, 6) is -0.778. The number of nitrogens with zero attached hydrogens (tertiary/aromatic N) is 1. The Kier molecular flexibility index (Phi) is 6.42. The zero-order chi connectivity index (χ0) is 23.6. The number of carbonyl (C=O) groups excluding carboxylic acids is 2. The summed E-state index contributed by atoms with van der Waals surface area (Å²) in [5.41, 5.74) is 1.42. The summed E-state index contributed by atoms with van der Waals surface area (Å²) in [4.78, 5) is 26.4. The molecule has 174 valence electrons. The van der Waals surface area contributed by atoms with Gasteiger partial charge in [0.05, 0.1) is 11.4 Å². The van der Waals surface area contributed by atoms with Gasteiger partial charge in [-0.25, -0.2) is 9.36 Å². The number of esters is 1. The van der Waals surface area contributed by atoms with Crippen LogP contribution in [0.5, 0.6) is 5.88 Å². The molecule has 1 aromatic heterocycles. The van der Waals surface area contributed by atoms with Crippen molar-refractivity contribution in [3.05, 3.63) is 65.7 Å². The van der Waals surface area contributed by atoms with Crippen molar-refractivity contribution in [2.24, 2.45) is 0 Å². The highest BCUT2D eigenvalue weighted by molar-refractivity contribution is 5.98. The van der Waals surface area contributed by atoms with E-state index in [4.69, 9.17) is 18.9 Å². The van der Waals surface area contributed by atoms with E-state index in [0.29, 0.717) is 17.7 Å². The van der Waals surface area contributed by atoms with Crippen molar-refractivity contribution in [1.82, 2.24) is 4.57 Å². The zero-order valence-electron chi connectivity index (χ0n) is 19.4. The third-order valence-electron chi connectivity index (χ3n) is 5.33. The van der Waals surface area contributed by atoms with E-state index in [9.17, 15) is 9.59 Å². The quantitative estimate of drug-likeness (QED) is 0.484. The predicted octanol–water partition coefficient (Wildman–Crippen LogP) is 5.40. The molecule has 33 heavy (non-hydrogen) atoms. The Morgan fingerprint density at radius 3 is 2.45 bits per heavy atom. The number of carbonyl (C=O) groups is 2. The Morgan fingerprint density at radius 2 is 1.76 bits per heavy atom. The van der Waals surface area contributed by atoms with E-state index in [2.05, 4.69) is 0 Å². The Bertz CT molecular complexity index is 1140. The molecule has 7 nitrogen and oxygen atoms in total. The minimum absolute atomic E-state index is 0.163. The van der Waals surface area contributed by atoms with Crippen molar-refractivity contribution >= 4 is 23.0 Å². The molecule has 0 fully saturated rings. The van der Waals surface area contributed by atoms with E-state index in [1.165, 1.54) is 4.57 Å². The minimum Gasteiger partial charge on any atom is -0.460 e. The van der Waals surface area contributed by atoms with E-state index in [1.807, 2.05) is 61.5 Å². The fraction of sp³-hybridized carbons (Fsp3) is 0.385. The normalized spacial score (nSPS) is 17.8. The summed E-state index contributed by atoms with van der Waals surface area (Å²) < 4.78 is 24.5. The predicted molar refractivity (Wildman–Crippen MR) is 123 cm³/mol. The van der Waals surface area contributed by atoms with Crippen LogP contribution in [0.1, 0.15) is 51.2 Å². The summed E-state index contributed by atoms with van der Waals surface area (Å²) in [7, 11) is 0. The molecule has 0 spiro atoms. The lowest BCUT2D eigenvalue weighted by atomic mass is 9.92. The topological polar surface area (TPSA) is 76.0 Å². The molecule has 0 bridgehead atoms. The van der Waals surface area contributed by atoms with Crippen LogP contribution in [0, 0.1) is 0 Å². The smallest absolute Gasteiger partial charge is 0.421 e. The van der Waals surface area contributed by atoms with Crippen LogP contribution in [0.3, 0.4) is 0 Å². The maximum atomic E-state index is 13.3. The molecule has 4 rings (SSSR count). The van der Waals surface area contributed by atoms with Gasteiger partial charge in [-0.1, -0.05) is 48.5 Å². The second-order valence-corrected chi connectivity index (χ2v) is 8.94. The molecule has 2 atom stereocenters. The molecule has 0 saturated carbocycles. The maximum Gasteiger partial charge on any atom is 0.421 e. The molecule has 0 N–H and O–H groups in total. The van der Waals surface area contributed by atoms with Crippen LogP contribution in [0.2, 0.25) is 0 Å². The lowest BCUT2D eigenvalue weighted by Gasteiger charge is -2.30. The summed E-state index contributed by atoms with van der Waals surface area (Å²) in [5, 5.41) is 0.745. The van der Waals surface area contributed by atoms with Crippen LogP contribution in [0.25, 0.3) is 10.9 Å². The SMILES string of the molecule is CCO[C@@H]1C[C@H](C(=O)OCc2ccccc2)c2c(n(C(=O)OC(C)(C)C)c3ccccc23)O1. The van der Waals surface area contributed by atoms with Gasteiger partial charge in [0.25, 0.3) is 0 Å². The van der Waals surface area contributed by atoms with Crippen LogP contribution in [0.15, 0.2) is 54.6 Å². The van der Waals surface area contributed by atoms with E-state index in [-0.39, 0.29) is 24.9 Å². The van der Waals surface area contributed by atoms with E-state index < -0.39 is 23.9 Å². The fourth-order valence-electron chi connectivity index (χ4n) is 4.00. The Morgan fingerprint density at radius 1 is 1.06 bits per heavy atom. The highest BCUT2D eigenvalue weighted by atomic mass is 16.7. The van der Waals surface area contributed by atoms with Gasteiger partial charge in [-0.2, -0.15) is 0 Å². The molecular weight excluding hydrogens is 422 g/mol. The van der Waals surface area contributed by atoms with Gasteiger partial charge in [0.15, 0.2) is 0 Å². The molecule has 0 unspecified atom stereocenters. The molecule has 1 aliphatic rings. The lowest BCUT2D eigenvalue weighted by Crippen LogP contribution is -2.34. The highest BCUT2D eigenvalue weighted by Crippen LogP contribution is 2.44. The first-order valence-corrected chi connectivity index (χ1v) is 11.1. The number of aromatic nitrogens is 1. The first-order chi connectivity index (χ1) is 15.8. The van der Waals surface area contributed by atoms with Crippen LogP contribution < -0.4 is 4.74 Å².